The Labute approximate surface area is 144 Å². The number of ether oxygens (including phenoxy) is 2. The van der Waals surface area contributed by atoms with Crippen LogP contribution in [0.5, 0.6) is 11.5 Å². The van der Waals surface area contributed by atoms with Crippen LogP contribution in [0.25, 0.3) is 11.3 Å². The molecule has 2 aromatic carbocycles. The van der Waals surface area contributed by atoms with E-state index in [0.29, 0.717) is 5.69 Å². The van der Waals surface area contributed by atoms with Crippen molar-refractivity contribution in [2.75, 3.05) is 14.2 Å². The summed E-state index contributed by atoms with van der Waals surface area (Å²) in [6, 6.07) is 15.0. The highest BCUT2D eigenvalue weighted by atomic mass is 16.5. The highest BCUT2D eigenvalue weighted by Crippen LogP contribution is 2.38. The maximum Gasteiger partial charge on any atom is 0.270 e. The Hall–Kier alpha value is -3.28. The van der Waals surface area contributed by atoms with Gasteiger partial charge in [-0.1, -0.05) is 24.3 Å². The van der Waals surface area contributed by atoms with Crippen LogP contribution >= 0.6 is 0 Å². The summed E-state index contributed by atoms with van der Waals surface area (Å²) < 4.78 is 10.5. The van der Waals surface area contributed by atoms with E-state index in [-0.39, 0.29) is 11.9 Å². The Morgan fingerprint density at radius 2 is 1.76 bits per heavy atom. The summed E-state index contributed by atoms with van der Waals surface area (Å²) in [6.07, 6.45) is 0. The molecule has 0 saturated heterocycles. The zero-order valence-corrected chi connectivity index (χ0v) is 13.9. The molecule has 1 atom stereocenters. The fourth-order valence-electron chi connectivity index (χ4n) is 3.12. The third kappa shape index (κ3) is 2.52. The second-order valence-corrected chi connectivity index (χ2v) is 5.77. The number of amides is 1. The number of hydrogen-bond donors (Lipinski definition) is 2. The van der Waals surface area contributed by atoms with Crippen molar-refractivity contribution in [2.24, 2.45) is 0 Å². The van der Waals surface area contributed by atoms with E-state index in [0.717, 1.165) is 33.9 Å². The van der Waals surface area contributed by atoms with Crippen LogP contribution in [-0.2, 0) is 0 Å². The molecular formula is C19H17N3O3. The van der Waals surface area contributed by atoms with E-state index in [1.807, 2.05) is 48.5 Å². The number of fused-ring (bicyclic) bond motifs is 1. The van der Waals surface area contributed by atoms with Crippen molar-refractivity contribution in [3.8, 4) is 22.8 Å². The lowest BCUT2D eigenvalue weighted by atomic mass is 9.96. The number of nitrogens with one attached hydrogen (secondary N) is 2. The van der Waals surface area contributed by atoms with Gasteiger partial charge >= 0.3 is 0 Å². The molecule has 0 fully saturated rings. The molecule has 6 heteroatoms. The van der Waals surface area contributed by atoms with Crippen molar-refractivity contribution in [3.05, 3.63) is 65.4 Å². The molecule has 0 spiro atoms. The zero-order valence-electron chi connectivity index (χ0n) is 13.9. The molecule has 0 aliphatic carbocycles. The van der Waals surface area contributed by atoms with Crippen LogP contribution in [0.15, 0.2) is 48.5 Å². The second kappa shape index (κ2) is 5.98. The number of aromatic amines is 1. The van der Waals surface area contributed by atoms with Gasteiger partial charge in [-0.05, 0) is 29.8 Å². The number of H-pyrrole nitrogens is 1. The number of carbonyl (C=O) groups excluding carboxylic acids is 1. The van der Waals surface area contributed by atoms with Crippen LogP contribution in [0.1, 0.15) is 27.7 Å². The Bertz CT molecular complexity index is 931. The van der Waals surface area contributed by atoms with E-state index in [1.165, 1.54) is 0 Å². The maximum absolute atomic E-state index is 12.3. The molecule has 1 aliphatic heterocycles. The number of benzene rings is 2. The van der Waals surface area contributed by atoms with Crippen LogP contribution in [0.3, 0.4) is 0 Å². The van der Waals surface area contributed by atoms with Crippen LogP contribution in [-0.4, -0.2) is 30.3 Å². The van der Waals surface area contributed by atoms with Crippen molar-refractivity contribution in [3.63, 3.8) is 0 Å². The summed E-state index contributed by atoms with van der Waals surface area (Å²) in [5, 5.41) is 10.3. The van der Waals surface area contributed by atoms with E-state index in [4.69, 9.17) is 9.47 Å². The molecule has 2 N–H and O–H groups in total. The lowest BCUT2D eigenvalue weighted by Crippen LogP contribution is -2.21. The Morgan fingerprint density at radius 1 is 1.00 bits per heavy atom. The van der Waals surface area contributed by atoms with Gasteiger partial charge in [0.25, 0.3) is 5.91 Å². The predicted octanol–water partition coefficient (Wildman–Crippen LogP) is 2.93. The molecule has 2 heterocycles. The summed E-state index contributed by atoms with van der Waals surface area (Å²) in [6.45, 7) is 0. The quantitative estimate of drug-likeness (QED) is 0.769. The number of aromatic nitrogens is 2. The third-order valence-electron chi connectivity index (χ3n) is 4.39. The van der Waals surface area contributed by atoms with Crippen LogP contribution in [0.2, 0.25) is 0 Å². The summed E-state index contributed by atoms with van der Waals surface area (Å²) >= 11 is 0. The fraction of sp³-hybridized carbons (Fsp3) is 0.158. The van der Waals surface area contributed by atoms with Gasteiger partial charge in [-0.2, -0.15) is 5.10 Å². The first-order chi connectivity index (χ1) is 12.2. The Balaban J connectivity index is 1.80. The molecule has 0 bridgehead atoms. The van der Waals surface area contributed by atoms with Crippen LogP contribution in [0.4, 0.5) is 0 Å². The minimum absolute atomic E-state index is 0.155. The molecule has 25 heavy (non-hydrogen) atoms. The van der Waals surface area contributed by atoms with E-state index in [2.05, 4.69) is 15.5 Å². The second-order valence-electron chi connectivity index (χ2n) is 5.77. The van der Waals surface area contributed by atoms with E-state index >= 15 is 0 Å². The molecule has 0 unspecified atom stereocenters. The number of nitrogens with zero attached hydrogens (tertiary/aromatic N) is 1. The first kappa shape index (κ1) is 15.3. The van der Waals surface area contributed by atoms with Gasteiger partial charge in [0, 0.05) is 11.1 Å². The largest absolute Gasteiger partial charge is 0.497 e. The minimum Gasteiger partial charge on any atom is -0.497 e. The van der Waals surface area contributed by atoms with Crippen molar-refractivity contribution < 1.29 is 14.3 Å². The van der Waals surface area contributed by atoms with Gasteiger partial charge in [-0.15, -0.1) is 0 Å². The molecule has 3 aromatic rings. The zero-order chi connectivity index (χ0) is 17.4. The summed E-state index contributed by atoms with van der Waals surface area (Å²) in [7, 11) is 3.25. The van der Waals surface area contributed by atoms with Gasteiger partial charge in [0.1, 0.15) is 17.2 Å². The first-order valence-electron chi connectivity index (χ1n) is 7.88. The average molecular weight is 335 g/mol. The van der Waals surface area contributed by atoms with Gasteiger partial charge in [-0.25, -0.2) is 0 Å². The summed E-state index contributed by atoms with van der Waals surface area (Å²) in [5.74, 6) is 1.36. The minimum atomic E-state index is -0.256. The molecule has 126 valence electrons. The summed E-state index contributed by atoms with van der Waals surface area (Å²) in [4.78, 5) is 12.3. The van der Waals surface area contributed by atoms with Crippen molar-refractivity contribution >= 4 is 5.91 Å². The van der Waals surface area contributed by atoms with E-state index in [9.17, 15) is 4.79 Å². The molecule has 4 rings (SSSR count). The van der Waals surface area contributed by atoms with Gasteiger partial charge in [-0.3, -0.25) is 9.89 Å². The smallest absolute Gasteiger partial charge is 0.270 e. The summed E-state index contributed by atoms with van der Waals surface area (Å²) in [5.41, 5.74) is 3.96. The number of hydrogen-bond acceptors (Lipinski definition) is 4. The highest BCUT2D eigenvalue weighted by molar-refractivity contribution is 6.00. The Morgan fingerprint density at radius 3 is 2.48 bits per heavy atom. The van der Waals surface area contributed by atoms with E-state index in [1.54, 1.807) is 14.2 Å². The fourth-order valence-corrected chi connectivity index (χ4v) is 3.12. The normalized spacial score (nSPS) is 15.6. The predicted molar refractivity (Wildman–Crippen MR) is 92.9 cm³/mol. The van der Waals surface area contributed by atoms with Crippen molar-refractivity contribution in [1.82, 2.24) is 15.5 Å². The average Bonchev–Trinajstić information content (AvgIpc) is 3.23. The molecule has 1 aromatic heterocycles. The van der Waals surface area contributed by atoms with Gasteiger partial charge in [0.15, 0.2) is 0 Å². The third-order valence-corrected chi connectivity index (χ3v) is 4.39. The molecular weight excluding hydrogens is 318 g/mol. The number of rotatable bonds is 4. The van der Waals surface area contributed by atoms with Gasteiger partial charge in [0.2, 0.25) is 0 Å². The SMILES string of the molecule is COc1ccc([C@@H]2NC(=O)c3[nH]nc(-c4cccc(OC)c4)c32)cc1. The topological polar surface area (TPSA) is 76.2 Å². The van der Waals surface area contributed by atoms with Crippen LogP contribution in [0, 0.1) is 0 Å². The van der Waals surface area contributed by atoms with Gasteiger partial charge in [0.05, 0.1) is 26.0 Å². The molecule has 1 aliphatic rings. The lowest BCUT2D eigenvalue weighted by molar-refractivity contribution is 0.0955. The van der Waals surface area contributed by atoms with E-state index < -0.39 is 0 Å². The molecule has 0 saturated carbocycles. The lowest BCUT2D eigenvalue weighted by Gasteiger charge is -2.14. The molecule has 1 amide bonds. The van der Waals surface area contributed by atoms with Gasteiger partial charge < -0.3 is 14.8 Å². The standard InChI is InChI=1S/C19H17N3O3/c1-24-13-8-6-11(7-9-13)16-15-17(21-22-18(15)19(23)20-16)12-4-3-5-14(10-12)25-2/h3-10,16H,1-2H3,(H,20,23)(H,21,22)/t16-/m0/s1. The molecule has 6 nitrogen and oxygen atoms in total. The Kier molecular flexibility index (Phi) is 3.65. The van der Waals surface area contributed by atoms with Crippen molar-refractivity contribution in [1.29, 1.82) is 0 Å². The van der Waals surface area contributed by atoms with Crippen LogP contribution < -0.4 is 14.8 Å². The monoisotopic (exact) mass is 335 g/mol. The van der Waals surface area contributed by atoms with Crippen molar-refractivity contribution in [2.45, 2.75) is 6.04 Å². The molecule has 0 radical (unpaired) electrons. The number of methoxy groups -OCH3 is 2. The first-order valence-corrected chi connectivity index (χ1v) is 7.88. The maximum atomic E-state index is 12.3. The highest BCUT2D eigenvalue weighted by Gasteiger charge is 2.35. The number of carbonyl (C=O) groups is 1.